The number of hydrogen-bond acceptors (Lipinski definition) is 4. The number of aliphatic hydroxyl groups excluding tert-OH is 1. The van der Waals surface area contributed by atoms with E-state index in [0.717, 1.165) is 0 Å². The van der Waals surface area contributed by atoms with E-state index in [4.69, 9.17) is 17.3 Å². The van der Waals surface area contributed by atoms with E-state index in [1.165, 1.54) is 6.92 Å². The fourth-order valence-electron chi connectivity index (χ4n) is 1.23. The zero-order chi connectivity index (χ0) is 13.3. The number of benzene rings is 1. The van der Waals surface area contributed by atoms with Crippen LogP contribution in [0.15, 0.2) is 24.3 Å². The number of anilines is 1. The van der Waals surface area contributed by atoms with Gasteiger partial charge in [-0.3, -0.25) is 0 Å². The van der Waals surface area contributed by atoms with Gasteiger partial charge < -0.3 is 10.8 Å². The Kier molecular flexibility index (Phi) is 4.67. The van der Waals surface area contributed by atoms with Gasteiger partial charge in [0.25, 0.3) is 0 Å². The van der Waals surface area contributed by atoms with Crippen LogP contribution in [0.1, 0.15) is 18.6 Å². The molecule has 0 aliphatic carbocycles. The molecule has 0 unspecified atom stereocenters. The first-order valence-electron chi connectivity index (χ1n) is 4.86. The molecule has 0 aliphatic rings. The van der Waals surface area contributed by atoms with E-state index in [0.29, 0.717) is 11.3 Å². The van der Waals surface area contributed by atoms with Gasteiger partial charge in [-0.2, -0.15) is 0 Å². The topological polar surface area (TPSA) is 80.4 Å². The third kappa shape index (κ3) is 3.04. The van der Waals surface area contributed by atoms with Gasteiger partial charge in [0.1, 0.15) is 6.10 Å². The van der Waals surface area contributed by atoms with Gasteiger partial charge in [0.15, 0.2) is 9.84 Å². The Hall–Kier alpha value is -0.0500. The lowest BCUT2D eigenvalue weighted by molar-refractivity contribution is 0.187. The summed E-state index contributed by atoms with van der Waals surface area (Å²) in [6.45, 7) is 1.49. The van der Waals surface area contributed by atoms with Gasteiger partial charge >= 0.3 is 0 Å². The van der Waals surface area contributed by atoms with Crippen LogP contribution in [0.25, 0.3) is 0 Å². The van der Waals surface area contributed by atoms with Crippen molar-refractivity contribution in [1.82, 2.24) is 0 Å². The van der Waals surface area contributed by atoms with Crippen LogP contribution in [0, 0.1) is 0 Å². The van der Waals surface area contributed by atoms with Crippen molar-refractivity contribution in [3.05, 3.63) is 29.8 Å². The molecule has 4 nitrogen and oxygen atoms in total. The molecule has 17 heavy (non-hydrogen) atoms. The first kappa shape index (κ1) is 15.0. The summed E-state index contributed by atoms with van der Waals surface area (Å²) in [6.07, 6.45) is -1.31. The molecular weight excluding hydrogens is 377 g/mol. The van der Waals surface area contributed by atoms with Gasteiger partial charge in [-0.15, -0.1) is 0 Å². The molecule has 0 saturated carbocycles. The molecule has 0 saturated heterocycles. The molecule has 0 aliphatic heterocycles. The van der Waals surface area contributed by atoms with Crippen LogP contribution in [0.2, 0.25) is 0 Å². The largest absolute Gasteiger partial charge is 0.399 e. The molecule has 2 atom stereocenters. The standard InChI is InChI=1S/C10H13ClINO3S/c1-2-17(15,16)10(11,12)9(14)7-3-5-8(13)6-4-7/h3-6,9,14H,2,13H2,1H3/t9-,10-/m0/s1. The monoisotopic (exact) mass is 389 g/mol. The van der Waals surface area contributed by atoms with Crippen molar-refractivity contribution >= 4 is 49.7 Å². The van der Waals surface area contributed by atoms with Gasteiger partial charge in [0.05, 0.1) is 5.75 Å². The van der Waals surface area contributed by atoms with E-state index in [2.05, 4.69) is 0 Å². The quantitative estimate of drug-likeness (QED) is 0.469. The first-order valence-corrected chi connectivity index (χ1v) is 7.97. The van der Waals surface area contributed by atoms with E-state index in [1.807, 2.05) is 0 Å². The number of sulfone groups is 1. The van der Waals surface area contributed by atoms with Crippen molar-refractivity contribution in [1.29, 1.82) is 0 Å². The molecule has 0 spiro atoms. The summed E-state index contributed by atoms with van der Waals surface area (Å²) in [7, 11) is -3.58. The van der Waals surface area contributed by atoms with Crippen molar-refractivity contribution in [2.24, 2.45) is 0 Å². The van der Waals surface area contributed by atoms with Gasteiger partial charge in [0.2, 0.25) is 2.21 Å². The molecule has 1 aromatic rings. The maximum absolute atomic E-state index is 11.8. The number of aliphatic hydroxyl groups is 1. The Bertz CT molecular complexity index is 487. The molecule has 0 radical (unpaired) electrons. The van der Waals surface area contributed by atoms with E-state index < -0.39 is 18.2 Å². The summed E-state index contributed by atoms with van der Waals surface area (Å²) in [4.78, 5) is 0. The summed E-state index contributed by atoms with van der Waals surface area (Å²) < 4.78 is 21.8. The molecular formula is C10H13ClINO3S. The second-order valence-electron chi connectivity index (χ2n) is 3.53. The number of nitrogens with two attached hydrogens (primary N) is 1. The average Bonchev–Trinajstić information content (AvgIpc) is 2.28. The smallest absolute Gasteiger partial charge is 0.225 e. The fraction of sp³-hybridized carbons (Fsp3) is 0.400. The lowest BCUT2D eigenvalue weighted by atomic mass is 10.1. The van der Waals surface area contributed by atoms with Crippen LogP contribution in [0.5, 0.6) is 0 Å². The van der Waals surface area contributed by atoms with Crippen LogP contribution in [-0.2, 0) is 9.84 Å². The Morgan fingerprint density at radius 3 is 2.35 bits per heavy atom. The third-order valence-electron chi connectivity index (χ3n) is 2.37. The van der Waals surface area contributed by atoms with E-state index in [1.54, 1.807) is 46.9 Å². The molecule has 1 rings (SSSR count). The van der Waals surface area contributed by atoms with Crippen LogP contribution >= 0.6 is 34.2 Å². The highest BCUT2D eigenvalue weighted by atomic mass is 127. The van der Waals surface area contributed by atoms with Crippen LogP contribution in [0.4, 0.5) is 5.69 Å². The maximum atomic E-state index is 11.8. The summed E-state index contributed by atoms with van der Waals surface area (Å²) in [5, 5.41) is 10.0. The van der Waals surface area contributed by atoms with Crippen molar-refractivity contribution in [2.45, 2.75) is 15.2 Å². The van der Waals surface area contributed by atoms with Crippen molar-refractivity contribution in [2.75, 3.05) is 11.5 Å². The normalized spacial score (nSPS) is 17.4. The predicted octanol–water partition coefficient (Wildman–Crippen LogP) is 2.06. The lowest BCUT2D eigenvalue weighted by Gasteiger charge is -2.25. The molecule has 0 aromatic heterocycles. The predicted molar refractivity (Wildman–Crippen MR) is 77.9 cm³/mol. The molecule has 0 bridgehead atoms. The minimum atomic E-state index is -3.58. The Labute approximate surface area is 119 Å². The number of rotatable bonds is 4. The zero-order valence-electron chi connectivity index (χ0n) is 9.10. The number of alkyl halides is 2. The Morgan fingerprint density at radius 2 is 1.94 bits per heavy atom. The molecule has 96 valence electrons. The van der Waals surface area contributed by atoms with Gasteiger partial charge in [-0.05, 0) is 40.3 Å². The van der Waals surface area contributed by atoms with Crippen LogP contribution < -0.4 is 5.73 Å². The Morgan fingerprint density at radius 1 is 1.47 bits per heavy atom. The molecule has 7 heteroatoms. The molecule has 0 heterocycles. The third-order valence-corrected chi connectivity index (χ3v) is 7.69. The minimum absolute atomic E-state index is 0.133. The fourth-order valence-corrected chi connectivity index (χ4v) is 3.84. The molecule has 0 amide bonds. The van der Waals surface area contributed by atoms with E-state index in [-0.39, 0.29) is 5.75 Å². The lowest BCUT2D eigenvalue weighted by Crippen LogP contribution is -2.34. The number of nitrogen functional groups attached to an aromatic ring is 1. The van der Waals surface area contributed by atoms with E-state index in [9.17, 15) is 13.5 Å². The van der Waals surface area contributed by atoms with Crippen LogP contribution in [-0.4, -0.2) is 21.5 Å². The second kappa shape index (κ2) is 5.29. The number of hydrogen-bond donors (Lipinski definition) is 2. The summed E-state index contributed by atoms with van der Waals surface area (Å²) in [5.74, 6) is -0.133. The van der Waals surface area contributed by atoms with Crippen molar-refractivity contribution in [3.63, 3.8) is 0 Å². The van der Waals surface area contributed by atoms with Gasteiger partial charge in [0, 0.05) is 5.69 Å². The molecule has 3 N–H and O–H groups in total. The second-order valence-corrected chi connectivity index (χ2v) is 9.88. The highest BCUT2D eigenvalue weighted by Gasteiger charge is 2.45. The average molecular weight is 390 g/mol. The summed E-state index contributed by atoms with van der Waals surface area (Å²) in [5.41, 5.74) is 6.47. The number of halogens is 2. The van der Waals surface area contributed by atoms with Crippen molar-refractivity contribution in [3.8, 4) is 0 Å². The molecule has 0 fully saturated rings. The minimum Gasteiger partial charge on any atom is -0.399 e. The van der Waals surface area contributed by atoms with Gasteiger partial charge in [-0.25, -0.2) is 8.42 Å². The Balaban J connectivity index is 3.12. The summed E-state index contributed by atoms with van der Waals surface area (Å²) in [6, 6.07) is 6.28. The van der Waals surface area contributed by atoms with E-state index >= 15 is 0 Å². The summed E-state index contributed by atoms with van der Waals surface area (Å²) >= 11 is 7.52. The molecule has 1 aromatic carbocycles. The van der Waals surface area contributed by atoms with Crippen molar-refractivity contribution < 1.29 is 13.5 Å². The van der Waals surface area contributed by atoms with Crippen LogP contribution in [0.3, 0.4) is 0 Å². The van der Waals surface area contributed by atoms with Gasteiger partial charge in [-0.1, -0.05) is 30.7 Å². The maximum Gasteiger partial charge on any atom is 0.225 e. The zero-order valence-corrected chi connectivity index (χ0v) is 12.8. The SMILES string of the molecule is CCS(=O)(=O)[C@@](Cl)(I)[C@@H](O)c1ccc(N)cc1. The first-order chi connectivity index (χ1) is 7.72. The highest BCUT2D eigenvalue weighted by Crippen LogP contribution is 2.43. The highest BCUT2D eigenvalue weighted by molar-refractivity contribution is 14.1.